The molecule has 1 fully saturated rings. The average molecular weight is 343 g/mol. The first-order chi connectivity index (χ1) is 10.5. The third kappa shape index (κ3) is 5.01. The summed E-state index contributed by atoms with van der Waals surface area (Å²) >= 11 is 0. The Hall–Kier alpha value is -1.46. The first-order valence-electron chi connectivity index (χ1n) is 7.69. The summed E-state index contributed by atoms with van der Waals surface area (Å²) < 4.78 is 10.5. The van der Waals surface area contributed by atoms with Crippen LogP contribution in [0.4, 0.5) is 0 Å². The van der Waals surface area contributed by atoms with Crippen LogP contribution in [-0.4, -0.2) is 44.7 Å². The molecule has 0 aliphatic carbocycles. The van der Waals surface area contributed by atoms with Gasteiger partial charge < -0.3 is 20.1 Å². The van der Waals surface area contributed by atoms with Gasteiger partial charge in [-0.25, -0.2) is 0 Å². The number of likely N-dealkylation sites (tertiary alicyclic amines) is 1. The molecule has 5 nitrogen and oxygen atoms in total. The largest absolute Gasteiger partial charge is 0.497 e. The van der Waals surface area contributed by atoms with Crippen LogP contribution in [0.3, 0.4) is 0 Å². The topological polar surface area (TPSA) is 64.8 Å². The molecule has 1 aliphatic rings. The minimum atomic E-state index is 0. The van der Waals surface area contributed by atoms with E-state index in [0.29, 0.717) is 19.4 Å². The van der Waals surface area contributed by atoms with Crippen LogP contribution in [0.15, 0.2) is 18.2 Å². The van der Waals surface area contributed by atoms with Gasteiger partial charge in [0.25, 0.3) is 0 Å². The number of benzene rings is 1. The van der Waals surface area contributed by atoms with Crippen molar-refractivity contribution < 1.29 is 14.3 Å². The molecule has 1 amide bonds. The highest BCUT2D eigenvalue weighted by Crippen LogP contribution is 2.29. The number of methoxy groups -OCH3 is 2. The van der Waals surface area contributed by atoms with E-state index in [4.69, 9.17) is 15.2 Å². The summed E-state index contributed by atoms with van der Waals surface area (Å²) in [6.07, 6.45) is 2.17. The Bertz CT molecular complexity index is 516. The van der Waals surface area contributed by atoms with Crippen LogP contribution in [0, 0.1) is 5.41 Å². The number of rotatable bonds is 6. The van der Waals surface area contributed by atoms with Gasteiger partial charge >= 0.3 is 0 Å². The molecule has 1 aliphatic heterocycles. The van der Waals surface area contributed by atoms with E-state index in [2.05, 4.69) is 6.92 Å². The lowest BCUT2D eigenvalue weighted by atomic mass is 9.90. The van der Waals surface area contributed by atoms with E-state index < -0.39 is 0 Å². The Labute approximate surface area is 144 Å². The highest BCUT2D eigenvalue weighted by atomic mass is 35.5. The Balaban J connectivity index is 0.00000264. The van der Waals surface area contributed by atoms with Gasteiger partial charge in [-0.15, -0.1) is 12.4 Å². The van der Waals surface area contributed by atoms with Crippen LogP contribution in [0.5, 0.6) is 11.5 Å². The highest BCUT2D eigenvalue weighted by molar-refractivity contribution is 5.85. The van der Waals surface area contributed by atoms with Gasteiger partial charge in [-0.2, -0.15) is 0 Å². The second-order valence-corrected chi connectivity index (χ2v) is 6.30. The first-order valence-corrected chi connectivity index (χ1v) is 7.69. The van der Waals surface area contributed by atoms with Crippen molar-refractivity contribution in [3.63, 3.8) is 0 Å². The Morgan fingerprint density at radius 1 is 1.26 bits per heavy atom. The number of ether oxygens (including phenoxy) is 2. The summed E-state index contributed by atoms with van der Waals surface area (Å²) in [4.78, 5) is 14.3. The molecule has 0 spiro atoms. The van der Waals surface area contributed by atoms with Crippen LogP contribution in [0.25, 0.3) is 0 Å². The van der Waals surface area contributed by atoms with E-state index in [-0.39, 0.29) is 23.7 Å². The molecule has 130 valence electrons. The highest BCUT2D eigenvalue weighted by Gasteiger charge is 2.34. The molecule has 1 saturated heterocycles. The van der Waals surface area contributed by atoms with Gasteiger partial charge in [-0.3, -0.25) is 4.79 Å². The normalized spacial score (nSPS) is 20.1. The van der Waals surface area contributed by atoms with Gasteiger partial charge in [-0.1, -0.05) is 6.92 Å². The number of nitrogens with two attached hydrogens (primary N) is 1. The van der Waals surface area contributed by atoms with Gasteiger partial charge in [0.05, 0.1) is 14.2 Å². The maximum atomic E-state index is 12.4. The molecule has 0 aromatic heterocycles. The van der Waals surface area contributed by atoms with E-state index in [0.717, 1.165) is 36.6 Å². The summed E-state index contributed by atoms with van der Waals surface area (Å²) in [5.74, 6) is 1.69. The van der Waals surface area contributed by atoms with Crippen LogP contribution in [0.1, 0.15) is 25.3 Å². The van der Waals surface area contributed by atoms with Gasteiger partial charge in [-0.05, 0) is 42.5 Å². The van der Waals surface area contributed by atoms with Crippen molar-refractivity contribution in [1.29, 1.82) is 0 Å². The number of hydrogen-bond donors (Lipinski definition) is 1. The zero-order chi connectivity index (χ0) is 16.2. The number of hydrogen-bond acceptors (Lipinski definition) is 4. The van der Waals surface area contributed by atoms with E-state index in [1.54, 1.807) is 14.2 Å². The molecule has 23 heavy (non-hydrogen) atoms. The molecule has 0 radical (unpaired) electrons. The van der Waals surface area contributed by atoms with Crippen molar-refractivity contribution in [2.24, 2.45) is 11.1 Å². The molecule has 0 saturated carbocycles. The number of nitrogens with zero attached hydrogens (tertiary/aromatic N) is 1. The van der Waals surface area contributed by atoms with Crippen LogP contribution < -0.4 is 15.2 Å². The molecule has 2 N–H and O–H groups in total. The fraction of sp³-hybridized carbons (Fsp3) is 0.588. The third-order valence-electron chi connectivity index (χ3n) is 4.44. The SMILES string of the molecule is COc1cc(CCC(=O)N2CCC(C)(CN)C2)cc(OC)c1.Cl. The van der Waals surface area contributed by atoms with Crippen LogP contribution in [0.2, 0.25) is 0 Å². The predicted molar refractivity (Wildman–Crippen MR) is 93.5 cm³/mol. The van der Waals surface area contributed by atoms with Crippen molar-refractivity contribution in [3.8, 4) is 11.5 Å². The second kappa shape index (κ2) is 8.41. The average Bonchev–Trinajstić information content (AvgIpc) is 2.95. The maximum absolute atomic E-state index is 12.4. The van der Waals surface area contributed by atoms with Crippen molar-refractivity contribution in [3.05, 3.63) is 23.8 Å². The number of carbonyl (C=O) groups is 1. The molecule has 1 aromatic rings. The van der Waals surface area contributed by atoms with Gasteiger partial charge in [0.15, 0.2) is 0 Å². The molecular formula is C17H27ClN2O3. The minimum Gasteiger partial charge on any atom is -0.497 e. The molecule has 1 unspecified atom stereocenters. The Morgan fingerprint density at radius 2 is 1.87 bits per heavy atom. The van der Waals surface area contributed by atoms with Crippen LogP contribution in [-0.2, 0) is 11.2 Å². The molecule has 1 aromatic carbocycles. The van der Waals surface area contributed by atoms with E-state index in [9.17, 15) is 4.79 Å². The summed E-state index contributed by atoms with van der Waals surface area (Å²) in [5, 5.41) is 0. The number of halogens is 1. The zero-order valence-corrected chi connectivity index (χ0v) is 14.9. The molecule has 0 bridgehead atoms. The monoisotopic (exact) mass is 342 g/mol. The summed E-state index contributed by atoms with van der Waals surface area (Å²) in [5.41, 5.74) is 6.92. The summed E-state index contributed by atoms with van der Waals surface area (Å²) in [6.45, 7) is 4.36. The van der Waals surface area contributed by atoms with E-state index in [1.165, 1.54) is 0 Å². The fourth-order valence-electron chi connectivity index (χ4n) is 2.82. The van der Waals surface area contributed by atoms with Crippen molar-refractivity contribution in [2.75, 3.05) is 33.9 Å². The Kier molecular flexibility index (Phi) is 7.16. The van der Waals surface area contributed by atoms with Crippen LogP contribution >= 0.6 is 12.4 Å². The van der Waals surface area contributed by atoms with Gasteiger partial charge in [0.2, 0.25) is 5.91 Å². The molecular weight excluding hydrogens is 316 g/mol. The number of aryl methyl sites for hydroxylation is 1. The number of carbonyl (C=O) groups excluding carboxylic acids is 1. The van der Waals surface area contributed by atoms with Crippen molar-refractivity contribution in [2.45, 2.75) is 26.2 Å². The molecule has 2 rings (SSSR count). The maximum Gasteiger partial charge on any atom is 0.222 e. The van der Waals surface area contributed by atoms with E-state index >= 15 is 0 Å². The van der Waals surface area contributed by atoms with Crippen molar-refractivity contribution >= 4 is 18.3 Å². The molecule has 1 atom stereocenters. The zero-order valence-electron chi connectivity index (χ0n) is 14.1. The quantitative estimate of drug-likeness (QED) is 0.861. The van der Waals surface area contributed by atoms with Gasteiger partial charge in [0, 0.05) is 25.6 Å². The molecule has 6 heteroatoms. The smallest absolute Gasteiger partial charge is 0.222 e. The van der Waals surface area contributed by atoms with Gasteiger partial charge in [0.1, 0.15) is 11.5 Å². The standard InChI is InChI=1S/C17H26N2O3.ClH/c1-17(11-18)6-7-19(12-17)16(20)5-4-13-8-14(21-2)10-15(9-13)22-3;/h8-10H,4-7,11-12,18H2,1-3H3;1H. The lowest BCUT2D eigenvalue weighted by Gasteiger charge is -2.22. The lowest BCUT2D eigenvalue weighted by molar-refractivity contribution is -0.130. The molecule has 1 heterocycles. The minimum absolute atomic E-state index is 0. The lowest BCUT2D eigenvalue weighted by Crippen LogP contribution is -2.34. The predicted octanol–water partition coefficient (Wildman–Crippen LogP) is 2.26. The first kappa shape index (κ1) is 19.6. The second-order valence-electron chi connectivity index (χ2n) is 6.30. The third-order valence-corrected chi connectivity index (χ3v) is 4.44. The summed E-state index contributed by atoms with van der Waals surface area (Å²) in [7, 11) is 3.25. The summed E-state index contributed by atoms with van der Waals surface area (Å²) in [6, 6.07) is 5.73. The Morgan fingerprint density at radius 3 is 2.35 bits per heavy atom. The fourth-order valence-corrected chi connectivity index (χ4v) is 2.82. The number of amides is 1. The van der Waals surface area contributed by atoms with E-state index in [1.807, 2.05) is 23.1 Å². The van der Waals surface area contributed by atoms with Crippen molar-refractivity contribution in [1.82, 2.24) is 4.90 Å².